The second kappa shape index (κ2) is 9.67. The van der Waals surface area contributed by atoms with Crippen molar-refractivity contribution in [1.82, 2.24) is 0 Å². The average Bonchev–Trinajstić information content (AvgIpc) is 2.65. The zero-order chi connectivity index (χ0) is 19.8. The Morgan fingerprint density at radius 2 is 1.96 bits per heavy atom. The lowest BCUT2D eigenvalue weighted by Crippen LogP contribution is -2.25. The first-order valence-corrected chi connectivity index (χ1v) is 9.21. The number of esters is 1. The molecule has 0 saturated carbocycles. The summed E-state index contributed by atoms with van der Waals surface area (Å²) < 4.78 is 16.3. The normalized spacial score (nSPS) is 16.6. The minimum absolute atomic E-state index is 0.00735. The molecule has 0 radical (unpaired) electrons. The number of ether oxygens (including phenoxy) is 3. The van der Waals surface area contributed by atoms with Crippen LogP contribution in [-0.4, -0.2) is 19.2 Å². The van der Waals surface area contributed by atoms with Crippen LogP contribution in [0.1, 0.15) is 51.5 Å². The van der Waals surface area contributed by atoms with Gasteiger partial charge in [-0.1, -0.05) is 31.9 Å². The molecule has 0 aliphatic carbocycles. The molecule has 1 aliphatic rings. The summed E-state index contributed by atoms with van der Waals surface area (Å²) in [7, 11) is 0. The molecule has 0 aromatic heterocycles. The van der Waals surface area contributed by atoms with Crippen molar-refractivity contribution < 1.29 is 19.0 Å². The van der Waals surface area contributed by atoms with Gasteiger partial charge in [0.1, 0.15) is 23.2 Å². The minimum atomic E-state index is -0.628. The van der Waals surface area contributed by atoms with Gasteiger partial charge < -0.3 is 19.9 Å². The largest absolute Gasteiger partial charge is 0.494 e. The van der Waals surface area contributed by atoms with Crippen molar-refractivity contribution in [3.8, 4) is 11.8 Å². The molecule has 144 valence electrons. The van der Waals surface area contributed by atoms with Crippen molar-refractivity contribution >= 4 is 5.97 Å². The molecule has 1 unspecified atom stereocenters. The molecule has 2 rings (SSSR count). The predicted octanol–water partition coefficient (Wildman–Crippen LogP) is 3.90. The smallest absolute Gasteiger partial charge is 0.338 e. The van der Waals surface area contributed by atoms with E-state index in [1.807, 2.05) is 24.3 Å². The van der Waals surface area contributed by atoms with Gasteiger partial charge in [-0.15, -0.1) is 0 Å². The fourth-order valence-corrected chi connectivity index (χ4v) is 2.99. The topological polar surface area (TPSA) is 94.6 Å². The number of benzene rings is 1. The highest BCUT2D eigenvalue weighted by Crippen LogP contribution is 2.39. The highest BCUT2D eigenvalue weighted by Gasteiger charge is 2.36. The molecule has 2 N–H and O–H groups in total. The highest BCUT2D eigenvalue weighted by molar-refractivity contribution is 5.92. The number of unbranched alkanes of at least 4 members (excludes halogenated alkanes) is 2. The van der Waals surface area contributed by atoms with E-state index in [0.29, 0.717) is 17.9 Å². The van der Waals surface area contributed by atoms with Crippen LogP contribution in [0, 0.1) is 11.3 Å². The van der Waals surface area contributed by atoms with Crippen LogP contribution in [0.3, 0.4) is 0 Å². The first kappa shape index (κ1) is 20.4. The summed E-state index contributed by atoms with van der Waals surface area (Å²) >= 11 is 0. The van der Waals surface area contributed by atoms with Crippen LogP contribution in [0.5, 0.6) is 5.75 Å². The first-order valence-electron chi connectivity index (χ1n) is 9.21. The van der Waals surface area contributed by atoms with E-state index >= 15 is 0 Å². The standard InChI is InChI=1S/C21H26N2O4/c1-4-6-7-12-26-16-10-8-15(9-11-16)19-17(13-22)20(23)27-14(3)18(19)21(24)25-5-2/h8-11,19H,4-7,12,23H2,1-3H3. The SMILES string of the molecule is CCCCCOc1ccc(C2C(C#N)=C(N)OC(C)=C2C(=O)OCC)cc1. The summed E-state index contributed by atoms with van der Waals surface area (Å²) in [5.74, 6) is -0.0457. The zero-order valence-electron chi connectivity index (χ0n) is 16.1. The number of carbonyl (C=O) groups excluding carboxylic acids is 1. The van der Waals surface area contributed by atoms with Gasteiger partial charge in [-0.2, -0.15) is 5.26 Å². The van der Waals surface area contributed by atoms with Gasteiger partial charge in [0.25, 0.3) is 0 Å². The van der Waals surface area contributed by atoms with Crippen molar-refractivity contribution in [1.29, 1.82) is 5.26 Å². The Labute approximate surface area is 160 Å². The lowest BCUT2D eigenvalue weighted by Gasteiger charge is -2.26. The third kappa shape index (κ3) is 4.82. The molecule has 0 fully saturated rings. The quantitative estimate of drug-likeness (QED) is 0.551. The first-order chi connectivity index (χ1) is 13.0. The third-order valence-corrected chi connectivity index (χ3v) is 4.33. The Kier molecular flexibility index (Phi) is 7.30. The van der Waals surface area contributed by atoms with Gasteiger partial charge >= 0.3 is 5.97 Å². The van der Waals surface area contributed by atoms with E-state index in [-0.39, 0.29) is 18.1 Å². The molecule has 0 bridgehead atoms. The van der Waals surface area contributed by atoms with Crippen LogP contribution in [0.25, 0.3) is 0 Å². The van der Waals surface area contributed by atoms with E-state index in [0.717, 1.165) is 30.6 Å². The minimum Gasteiger partial charge on any atom is -0.494 e. The highest BCUT2D eigenvalue weighted by atomic mass is 16.5. The van der Waals surface area contributed by atoms with Gasteiger partial charge in [0.05, 0.1) is 24.7 Å². The van der Waals surface area contributed by atoms with Crippen LogP contribution >= 0.6 is 0 Å². The number of hydrogen-bond donors (Lipinski definition) is 1. The summed E-state index contributed by atoms with van der Waals surface area (Å²) in [4.78, 5) is 12.5. The molecule has 1 aromatic carbocycles. The molecule has 6 heteroatoms. The number of hydrogen-bond acceptors (Lipinski definition) is 6. The summed E-state index contributed by atoms with van der Waals surface area (Å²) in [5.41, 5.74) is 7.13. The van der Waals surface area contributed by atoms with Crippen molar-refractivity contribution in [2.75, 3.05) is 13.2 Å². The number of nitriles is 1. The van der Waals surface area contributed by atoms with Crippen molar-refractivity contribution in [3.05, 3.63) is 52.6 Å². The maximum atomic E-state index is 12.5. The lowest BCUT2D eigenvalue weighted by atomic mass is 9.83. The Bertz CT molecular complexity index is 772. The maximum absolute atomic E-state index is 12.5. The Hall–Kier alpha value is -2.94. The van der Waals surface area contributed by atoms with Gasteiger partial charge in [0.15, 0.2) is 0 Å². The van der Waals surface area contributed by atoms with Gasteiger partial charge in [0.2, 0.25) is 5.88 Å². The third-order valence-electron chi connectivity index (χ3n) is 4.33. The van der Waals surface area contributed by atoms with Crippen LogP contribution in [0.2, 0.25) is 0 Å². The zero-order valence-corrected chi connectivity index (χ0v) is 16.1. The molecule has 0 saturated heterocycles. The van der Waals surface area contributed by atoms with Gasteiger partial charge in [-0.3, -0.25) is 0 Å². The second-order valence-electron chi connectivity index (χ2n) is 6.24. The average molecular weight is 370 g/mol. The monoisotopic (exact) mass is 370 g/mol. The van der Waals surface area contributed by atoms with Crippen LogP contribution < -0.4 is 10.5 Å². The molecule has 6 nitrogen and oxygen atoms in total. The fraction of sp³-hybridized carbons (Fsp3) is 0.429. The van der Waals surface area contributed by atoms with Crippen LogP contribution in [0.15, 0.2) is 47.1 Å². The summed E-state index contributed by atoms with van der Waals surface area (Å²) in [6.45, 7) is 6.41. The molecule has 1 aromatic rings. The molecular formula is C21H26N2O4. The van der Waals surface area contributed by atoms with E-state index in [1.54, 1.807) is 13.8 Å². The summed E-state index contributed by atoms with van der Waals surface area (Å²) in [6.07, 6.45) is 3.27. The Morgan fingerprint density at radius 1 is 1.26 bits per heavy atom. The fourth-order valence-electron chi connectivity index (χ4n) is 2.99. The molecule has 27 heavy (non-hydrogen) atoms. The summed E-state index contributed by atoms with van der Waals surface area (Å²) in [5, 5.41) is 9.56. The van der Waals surface area contributed by atoms with Gasteiger partial charge in [-0.05, 0) is 38.0 Å². The van der Waals surface area contributed by atoms with Crippen LogP contribution in [-0.2, 0) is 14.3 Å². The predicted molar refractivity (Wildman–Crippen MR) is 101 cm³/mol. The summed E-state index contributed by atoms with van der Waals surface area (Å²) in [6, 6.07) is 9.41. The lowest BCUT2D eigenvalue weighted by molar-refractivity contribution is -0.139. The number of allylic oxidation sites excluding steroid dienone is 2. The molecular weight excluding hydrogens is 344 g/mol. The Balaban J connectivity index is 2.31. The van der Waals surface area contributed by atoms with Crippen molar-refractivity contribution in [3.63, 3.8) is 0 Å². The molecule has 0 amide bonds. The van der Waals surface area contributed by atoms with E-state index in [2.05, 4.69) is 13.0 Å². The van der Waals surface area contributed by atoms with Gasteiger partial charge in [0, 0.05) is 0 Å². The number of carbonyl (C=O) groups is 1. The second-order valence-corrected chi connectivity index (χ2v) is 6.24. The van der Waals surface area contributed by atoms with Crippen molar-refractivity contribution in [2.24, 2.45) is 5.73 Å². The Morgan fingerprint density at radius 3 is 2.56 bits per heavy atom. The number of nitrogens with zero attached hydrogens (tertiary/aromatic N) is 1. The molecule has 1 atom stereocenters. The molecule has 1 aliphatic heterocycles. The molecule has 1 heterocycles. The van der Waals surface area contributed by atoms with Crippen molar-refractivity contribution in [2.45, 2.75) is 46.0 Å². The van der Waals surface area contributed by atoms with Gasteiger partial charge in [-0.25, -0.2) is 4.79 Å². The van der Waals surface area contributed by atoms with E-state index < -0.39 is 11.9 Å². The van der Waals surface area contributed by atoms with E-state index in [9.17, 15) is 10.1 Å². The van der Waals surface area contributed by atoms with E-state index in [4.69, 9.17) is 19.9 Å². The van der Waals surface area contributed by atoms with E-state index in [1.165, 1.54) is 0 Å². The molecule has 0 spiro atoms. The maximum Gasteiger partial charge on any atom is 0.338 e. The van der Waals surface area contributed by atoms with Crippen LogP contribution in [0.4, 0.5) is 0 Å². The number of rotatable bonds is 8. The number of nitrogens with two attached hydrogens (primary N) is 1.